The molecule has 8 heteroatoms. The summed E-state index contributed by atoms with van der Waals surface area (Å²) in [5.41, 5.74) is 2.47. The van der Waals surface area contributed by atoms with E-state index >= 15 is 0 Å². The SMILES string of the molecule is COc1nc(NN)nc(N2CCC3C(CCCN3C)C2)n1. The molecule has 2 saturated heterocycles. The fourth-order valence-corrected chi connectivity index (χ4v) is 3.48. The lowest BCUT2D eigenvalue weighted by Crippen LogP contribution is -2.53. The number of nitrogens with two attached hydrogens (primary N) is 1. The number of rotatable bonds is 3. The van der Waals surface area contributed by atoms with Crippen molar-refractivity contribution in [2.75, 3.05) is 44.1 Å². The van der Waals surface area contributed by atoms with Crippen LogP contribution in [-0.2, 0) is 0 Å². The molecular weight excluding hydrogens is 270 g/mol. The van der Waals surface area contributed by atoms with Crippen molar-refractivity contribution in [2.24, 2.45) is 11.8 Å². The number of methoxy groups -OCH3 is 1. The number of likely N-dealkylation sites (tertiary alicyclic amines) is 1. The number of ether oxygens (including phenoxy) is 1. The van der Waals surface area contributed by atoms with Crippen LogP contribution in [0.4, 0.5) is 11.9 Å². The number of piperidine rings is 2. The van der Waals surface area contributed by atoms with Crippen LogP contribution in [0.15, 0.2) is 0 Å². The van der Waals surface area contributed by atoms with E-state index in [9.17, 15) is 0 Å². The van der Waals surface area contributed by atoms with Crippen molar-refractivity contribution >= 4 is 11.9 Å². The number of anilines is 2. The summed E-state index contributed by atoms with van der Waals surface area (Å²) >= 11 is 0. The van der Waals surface area contributed by atoms with Gasteiger partial charge in [0.05, 0.1) is 7.11 Å². The van der Waals surface area contributed by atoms with Crippen LogP contribution < -0.4 is 20.9 Å². The minimum absolute atomic E-state index is 0.288. The molecule has 1 aromatic rings. The molecule has 0 spiro atoms. The monoisotopic (exact) mass is 293 g/mol. The lowest BCUT2D eigenvalue weighted by molar-refractivity contribution is 0.102. The first-order valence-corrected chi connectivity index (χ1v) is 7.43. The fraction of sp³-hybridized carbons (Fsp3) is 0.769. The largest absolute Gasteiger partial charge is 0.467 e. The summed E-state index contributed by atoms with van der Waals surface area (Å²) in [5, 5.41) is 0. The molecule has 2 fully saturated rings. The van der Waals surface area contributed by atoms with E-state index in [1.54, 1.807) is 7.11 Å². The second-order valence-electron chi connectivity index (χ2n) is 5.78. The maximum Gasteiger partial charge on any atom is 0.322 e. The van der Waals surface area contributed by atoms with Gasteiger partial charge >= 0.3 is 6.01 Å². The predicted molar refractivity (Wildman–Crippen MR) is 80.2 cm³/mol. The van der Waals surface area contributed by atoms with Gasteiger partial charge in [0.2, 0.25) is 11.9 Å². The van der Waals surface area contributed by atoms with Gasteiger partial charge < -0.3 is 14.5 Å². The van der Waals surface area contributed by atoms with E-state index in [1.165, 1.54) is 19.4 Å². The summed E-state index contributed by atoms with van der Waals surface area (Å²) in [7, 11) is 3.77. The first-order valence-electron chi connectivity index (χ1n) is 7.43. The normalized spacial score (nSPS) is 26.3. The molecule has 116 valence electrons. The second kappa shape index (κ2) is 5.98. The lowest BCUT2D eigenvalue weighted by Gasteiger charge is -2.45. The van der Waals surface area contributed by atoms with Crippen molar-refractivity contribution in [2.45, 2.75) is 25.3 Å². The van der Waals surface area contributed by atoms with Crippen LogP contribution in [0.1, 0.15) is 19.3 Å². The highest BCUT2D eigenvalue weighted by Crippen LogP contribution is 2.31. The van der Waals surface area contributed by atoms with Crippen molar-refractivity contribution in [1.82, 2.24) is 19.9 Å². The molecule has 2 aliphatic heterocycles. The maximum absolute atomic E-state index is 5.41. The highest BCUT2D eigenvalue weighted by atomic mass is 16.5. The Bertz CT molecular complexity index is 475. The highest BCUT2D eigenvalue weighted by Gasteiger charge is 2.35. The third kappa shape index (κ3) is 2.86. The first kappa shape index (κ1) is 14.3. The van der Waals surface area contributed by atoms with Crippen molar-refractivity contribution in [1.29, 1.82) is 0 Å². The minimum atomic E-state index is 0.288. The smallest absolute Gasteiger partial charge is 0.322 e. The van der Waals surface area contributed by atoms with Gasteiger partial charge in [-0.25, -0.2) is 5.84 Å². The average molecular weight is 293 g/mol. The summed E-state index contributed by atoms with van der Waals surface area (Å²) < 4.78 is 5.12. The Balaban J connectivity index is 1.78. The van der Waals surface area contributed by atoms with Crippen LogP contribution in [0.25, 0.3) is 0 Å². The van der Waals surface area contributed by atoms with Crippen molar-refractivity contribution < 1.29 is 4.74 Å². The molecule has 0 saturated carbocycles. The topological polar surface area (TPSA) is 92.4 Å². The van der Waals surface area contributed by atoms with Crippen molar-refractivity contribution in [3.63, 3.8) is 0 Å². The van der Waals surface area contributed by atoms with E-state index in [4.69, 9.17) is 10.6 Å². The molecule has 0 bridgehead atoms. The van der Waals surface area contributed by atoms with Gasteiger partial charge in [-0.1, -0.05) is 0 Å². The number of nitrogens with zero attached hydrogens (tertiary/aromatic N) is 5. The van der Waals surface area contributed by atoms with Gasteiger partial charge in [0.15, 0.2) is 0 Å². The van der Waals surface area contributed by atoms with Crippen LogP contribution in [0.3, 0.4) is 0 Å². The number of hydrogen-bond donors (Lipinski definition) is 2. The summed E-state index contributed by atoms with van der Waals surface area (Å²) in [5.74, 6) is 7.06. The fourth-order valence-electron chi connectivity index (χ4n) is 3.48. The van der Waals surface area contributed by atoms with Crippen LogP contribution in [0.2, 0.25) is 0 Å². The summed E-state index contributed by atoms with van der Waals surface area (Å²) in [6.07, 6.45) is 3.68. The molecule has 3 N–H and O–H groups in total. The van der Waals surface area contributed by atoms with Gasteiger partial charge in [-0.05, 0) is 38.8 Å². The van der Waals surface area contributed by atoms with E-state index in [0.717, 1.165) is 19.5 Å². The molecule has 0 aliphatic carbocycles. The van der Waals surface area contributed by atoms with Crippen LogP contribution >= 0.6 is 0 Å². The van der Waals surface area contributed by atoms with Gasteiger partial charge in [0, 0.05) is 19.1 Å². The van der Waals surface area contributed by atoms with Gasteiger partial charge in [0.25, 0.3) is 0 Å². The zero-order valence-corrected chi connectivity index (χ0v) is 12.6. The Labute approximate surface area is 124 Å². The van der Waals surface area contributed by atoms with Gasteiger partial charge in [-0.3, -0.25) is 5.43 Å². The molecule has 3 heterocycles. The number of nitrogens with one attached hydrogen (secondary N) is 1. The molecule has 0 radical (unpaired) electrons. The molecule has 2 aliphatic rings. The van der Waals surface area contributed by atoms with E-state index < -0.39 is 0 Å². The molecule has 8 nitrogen and oxygen atoms in total. The Morgan fingerprint density at radius 2 is 2.10 bits per heavy atom. The molecule has 2 atom stereocenters. The second-order valence-corrected chi connectivity index (χ2v) is 5.78. The van der Waals surface area contributed by atoms with Crippen LogP contribution in [0, 0.1) is 5.92 Å². The molecule has 0 aromatic carbocycles. The van der Waals surface area contributed by atoms with Gasteiger partial charge in [0.1, 0.15) is 0 Å². The number of hydrogen-bond acceptors (Lipinski definition) is 8. The molecule has 3 rings (SSSR count). The average Bonchev–Trinajstić information content (AvgIpc) is 2.54. The highest BCUT2D eigenvalue weighted by molar-refractivity contribution is 5.38. The van der Waals surface area contributed by atoms with E-state index in [2.05, 4.69) is 37.2 Å². The third-order valence-electron chi connectivity index (χ3n) is 4.54. The minimum Gasteiger partial charge on any atom is -0.467 e. The molecule has 2 unspecified atom stereocenters. The number of fused-ring (bicyclic) bond motifs is 1. The summed E-state index contributed by atoms with van der Waals surface area (Å²) in [6, 6.07) is 0.974. The summed E-state index contributed by atoms with van der Waals surface area (Å²) in [6.45, 7) is 3.14. The molecule has 1 aromatic heterocycles. The number of hydrazine groups is 1. The van der Waals surface area contributed by atoms with Gasteiger partial charge in [-0.15, -0.1) is 0 Å². The first-order chi connectivity index (χ1) is 10.2. The zero-order valence-electron chi connectivity index (χ0n) is 12.6. The van der Waals surface area contributed by atoms with E-state index in [0.29, 0.717) is 23.9 Å². The lowest BCUT2D eigenvalue weighted by atomic mass is 9.84. The molecule has 21 heavy (non-hydrogen) atoms. The standard InChI is InChI=1S/C13H23N7O/c1-19-6-3-4-9-8-20(7-5-10(9)19)12-15-11(18-14)16-13(17-12)21-2/h9-10H,3-8,14H2,1-2H3,(H,15,16,17,18). The van der Waals surface area contributed by atoms with E-state index in [1.807, 2.05) is 0 Å². The van der Waals surface area contributed by atoms with E-state index in [-0.39, 0.29) is 6.01 Å². The number of nitrogen functional groups attached to an aromatic ring is 1. The Morgan fingerprint density at radius 3 is 2.86 bits per heavy atom. The molecular formula is C13H23N7O. The zero-order chi connectivity index (χ0) is 14.8. The van der Waals surface area contributed by atoms with Crippen LogP contribution in [-0.4, -0.2) is 59.7 Å². The van der Waals surface area contributed by atoms with Gasteiger partial charge in [-0.2, -0.15) is 15.0 Å². The van der Waals surface area contributed by atoms with Crippen LogP contribution in [0.5, 0.6) is 6.01 Å². The Morgan fingerprint density at radius 1 is 1.24 bits per heavy atom. The Kier molecular flexibility index (Phi) is 4.07. The number of aromatic nitrogens is 3. The third-order valence-corrected chi connectivity index (χ3v) is 4.54. The summed E-state index contributed by atoms with van der Waals surface area (Å²) in [4.78, 5) is 17.5. The predicted octanol–water partition coefficient (Wildman–Crippen LogP) is 0.0863. The quantitative estimate of drug-likeness (QED) is 0.598. The van der Waals surface area contributed by atoms with Crippen molar-refractivity contribution in [3.05, 3.63) is 0 Å². The molecule has 0 amide bonds. The van der Waals surface area contributed by atoms with Crippen molar-refractivity contribution in [3.8, 4) is 6.01 Å². The maximum atomic E-state index is 5.41. The Hall–Kier alpha value is -1.67.